The molecular formula is C19H18N4O3. The molecule has 0 saturated heterocycles. The lowest BCUT2D eigenvalue weighted by atomic mass is 10.0. The molecule has 0 saturated carbocycles. The summed E-state index contributed by atoms with van der Waals surface area (Å²) in [5.74, 6) is 0.560. The van der Waals surface area contributed by atoms with Crippen LogP contribution in [0.1, 0.15) is 23.2 Å². The molecule has 132 valence electrons. The number of nitrogens with zero attached hydrogens (tertiary/aromatic N) is 3. The van der Waals surface area contributed by atoms with Crippen LogP contribution in [0.3, 0.4) is 0 Å². The highest BCUT2D eigenvalue weighted by Crippen LogP contribution is 2.31. The highest BCUT2D eigenvalue weighted by molar-refractivity contribution is 5.72. The topological polar surface area (TPSA) is 80.2 Å². The van der Waals surface area contributed by atoms with Crippen LogP contribution in [0, 0.1) is 0 Å². The van der Waals surface area contributed by atoms with Crippen LogP contribution in [-0.2, 0) is 19.5 Å². The van der Waals surface area contributed by atoms with Crippen molar-refractivity contribution in [1.82, 2.24) is 19.4 Å². The van der Waals surface area contributed by atoms with E-state index >= 15 is 0 Å². The smallest absolute Gasteiger partial charge is 0.420 e. The number of furan rings is 1. The number of hydrogen-bond acceptors (Lipinski definition) is 5. The second-order valence-corrected chi connectivity index (χ2v) is 6.53. The maximum atomic E-state index is 12.4. The molecule has 7 heteroatoms. The Labute approximate surface area is 148 Å². The Hall–Kier alpha value is -3.06. The van der Waals surface area contributed by atoms with Crippen molar-refractivity contribution in [2.24, 2.45) is 0 Å². The number of oxazole rings is 1. The minimum Gasteiger partial charge on any atom is -0.468 e. The normalized spacial score (nSPS) is 17.6. The Morgan fingerprint density at radius 3 is 3.04 bits per heavy atom. The number of nitrogens with one attached hydrogen (secondary N) is 1. The van der Waals surface area contributed by atoms with Crippen LogP contribution in [0.2, 0.25) is 0 Å². The first-order valence-corrected chi connectivity index (χ1v) is 8.66. The van der Waals surface area contributed by atoms with E-state index in [0.29, 0.717) is 18.7 Å². The van der Waals surface area contributed by atoms with Gasteiger partial charge in [-0.1, -0.05) is 12.1 Å². The molecule has 0 radical (unpaired) electrons. The Morgan fingerprint density at radius 2 is 2.15 bits per heavy atom. The van der Waals surface area contributed by atoms with Gasteiger partial charge in [0.1, 0.15) is 5.76 Å². The highest BCUT2D eigenvalue weighted by atomic mass is 16.4. The van der Waals surface area contributed by atoms with E-state index in [0.717, 1.165) is 35.6 Å². The largest absolute Gasteiger partial charge is 0.468 e. The zero-order valence-corrected chi connectivity index (χ0v) is 14.1. The lowest BCUT2D eigenvalue weighted by molar-refractivity contribution is 0.142. The molecule has 1 unspecified atom stereocenters. The molecule has 1 aromatic carbocycles. The molecule has 1 atom stereocenters. The Balaban J connectivity index is 1.55. The summed E-state index contributed by atoms with van der Waals surface area (Å²) in [6.45, 7) is 2.02. The summed E-state index contributed by atoms with van der Waals surface area (Å²) >= 11 is 0. The fourth-order valence-corrected chi connectivity index (χ4v) is 3.76. The number of rotatable bonds is 4. The molecule has 1 aliphatic rings. The first-order chi connectivity index (χ1) is 12.8. The predicted molar refractivity (Wildman–Crippen MR) is 94.6 cm³/mol. The molecule has 0 aliphatic carbocycles. The molecule has 3 aromatic heterocycles. The SMILES string of the molecule is O=c1oc2ccccc2n1CC1c2nc[nH]c2CCN1Cc1ccco1. The third-order valence-corrected chi connectivity index (χ3v) is 5.03. The van der Waals surface area contributed by atoms with Crippen LogP contribution >= 0.6 is 0 Å². The third kappa shape index (κ3) is 2.48. The van der Waals surface area contributed by atoms with E-state index in [-0.39, 0.29) is 11.8 Å². The van der Waals surface area contributed by atoms with Gasteiger partial charge in [-0.2, -0.15) is 0 Å². The van der Waals surface area contributed by atoms with Gasteiger partial charge in [-0.3, -0.25) is 9.47 Å². The first-order valence-electron chi connectivity index (χ1n) is 8.66. The fraction of sp³-hybridized carbons (Fsp3) is 0.263. The molecule has 26 heavy (non-hydrogen) atoms. The number of fused-ring (bicyclic) bond motifs is 2. The minimum atomic E-state index is -0.341. The van der Waals surface area contributed by atoms with E-state index in [1.165, 1.54) is 0 Å². The maximum absolute atomic E-state index is 12.4. The van der Waals surface area contributed by atoms with Crippen LogP contribution in [0.15, 0.2) is 62.6 Å². The van der Waals surface area contributed by atoms with Gasteiger partial charge >= 0.3 is 5.76 Å². The molecule has 0 spiro atoms. The van der Waals surface area contributed by atoms with Gasteiger partial charge in [0, 0.05) is 18.7 Å². The molecular weight excluding hydrogens is 332 g/mol. The average molecular weight is 350 g/mol. The van der Waals surface area contributed by atoms with Crippen molar-refractivity contribution in [1.29, 1.82) is 0 Å². The summed E-state index contributed by atoms with van der Waals surface area (Å²) in [5.41, 5.74) is 3.53. The van der Waals surface area contributed by atoms with Crippen molar-refractivity contribution in [2.45, 2.75) is 25.6 Å². The molecule has 7 nitrogen and oxygen atoms in total. The predicted octanol–water partition coefficient (Wildman–Crippen LogP) is 2.71. The van der Waals surface area contributed by atoms with E-state index in [1.54, 1.807) is 17.2 Å². The van der Waals surface area contributed by atoms with Gasteiger partial charge in [0.05, 0.1) is 42.9 Å². The Kier molecular flexibility index (Phi) is 3.53. The van der Waals surface area contributed by atoms with Crippen molar-refractivity contribution < 1.29 is 8.83 Å². The highest BCUT2D eigenvalue weighted by Gasteiger charge is 2.31. The summed E-state index contributed by atoms with van der Waals surface area (Å²) < 4.78 is 12.6. The lowest BCUT2D eigenvalue weighted by Gasteiger charge is -2.34. The molecule has 4 aromatic rings. The molecule has 1 N–H and O–H groups in total. The van der Waals surface area contributed by atoms with Gasteiger partial charge in [-0.05, 0) is 24.3 Å². The Bertz CT molecular complexity index is 1090. The number of aromatic nitrogens is 3. The monoisotopic (exact) mass is 350 g/mol. The fourth-order valence-electron chi connectivity index (χ4n) is 3.76. The third-order valence-electron chi connectivity index (χ3n) is 5.03. The number of benzene rings is 1. The van der Waals surface area contributed by atoms with E-state index < -0.39 is 0 Å². The van der Waals surface area contributed by atoms with Gasteiger partial charge < -0.3 is 13.8 Å². The molecule has 0 fully saturated rings. The maximum Gasteiger partial charge on any atom is 0.420 e. The zero-order chi connectivity index (χ0) is 17.5. The number of imidazole rings is 1. The van der Waals surface area contributed by atoms with Gasteiger partial charge in [0.15, 0.2) is 5.58 Å². The zero-order valence-electron chi connectivity index (χ0n) is 14.1. The quantitative estimate of drug-likeness (QED) is 0.612. The van der Waals surface area contributed by atoms with Crippen molar-refractivity contribution in [2.75, 3.05) is 6.54 Å². The van der Waals surface area contributed by atoms with Gasteiger partial charge in [0.2, 0.25) is 0 Å². The molecule has 1 aliphatic heterocycles. The first kappa shape index (κ1) is 15.2. The second kappa shape index (κ2) is 6.03. The van der Waals surface area contributed by atoms with Crippen LogP contribution in [0.4, 0.5) is 0 Å². The summed E-state index contributed by atoms with van der Waals surface area (Å²) in [7, 11) is 0. The van der Waals surface area contributed by atoms with E-state index in [9.17, 15) is 4.79 Å². The van der Waals surface area contributed by atoms with Crippen LogP contribution in [-0.4, -0.2) is 26.0 Å². The van der Waals surface area contributed by atoms with Gasteiger partial charge in [-0.25, -0.2) is 9.78 Å². The standard InChI is InChI=1S/C19H18N4O3/c24-19-23(15-5-1-2-6-17(15)26-19)11-16-18-14(20-12-21-18)7-8-22(16)10-13-4-3-9-25-13/h1-6,9,12,16H,7-8,10-11H2,(H,20,21). The summed E-state index contributed by atoms with van der Waals surface area (Å²) in [6, 6.07) is 11.3. The van der Waals surface area contributed by atoms with Crippen LogP contribution in [0.25, 0.3) is 11.1 Å². The van der Waals surface area contributed by atoms with Gasteiger partial charge in [0.25, 0.3) is 0 Å². The molecule has 0 amide bonds. The number of para-hydroxylation sites is 2. The summed E-state index contributed by atoms with van der Waals surface area (Å²) in [6.07, 6.45) is 4.31. The Morgan fingerprint density at radius 1 is 1.23 bits per heavy atom. The van der Waals surface area contributed by atoms with Crippen LogP contribution in [0.5, 0.6) is 0 Å². The average Bonchev–Trinajstić information content (AvgIpc) is 3.38. The minimum absolute atomic E-state index is 0.0335. The van der Waals surface area contributed by atoms with E-state index in [1.807, 2.05) is 36.4 Å². The number of aromatic amines is 1. The molecule has 0 bridgehead atoms. The lowest BCUT2D eigenvalue weighted by Crippen LogP contribution is -2.38. The summed E-state index contributed by atoms with van der Waals surface area (Å²) in [5, 5.41) is 0. The van der Waals surface area contributed by atoms with E-state index in [2.05, 4.69) is 14.9 Å². The van der Waals surface area contributed by atoms with E-state index in [4.69, 9.17) is 8.83 Å². The number of H-pyrrole nitrogens is 1. The van der Waals surface area contributed by atoms with Crippen molar-refractivity contribution in [3.05, 3.63) is 76.7 Å². The van der Waals surface area contributed by atoms with Gasteiger partial charge in [-0.15, -0.1) is 0 Å². The molecule has 4 heterocycles. The van der Waals surface area contributed by atoms with Crippen molar-refractivity contribution in [3.8, 4) is 0 Å². The van der Waals surface area contributed by atoms with Crippen LogP contribution < -0.4 is 5.76 Å². The summed E-state index contributed by atoms with van der Waals surface area (Å²) in [4.78, 5) is 22.5. The van der Waals surface area contributed by atoms with Crippen molar-refractivity contribution >= 4 is 11.1 Å². The van der Waals surface area contributed by atoms with Crippen molar-refractivity contribution in [3.63, 3.8) is 0 Å². The molecule has 5 rings (SSSR count). The number of hydrogen-bond donors (Lipinski definition) is 1. The second-order valence-electron chi connectivity index (χ2n) is 6.53.